The molecule has 0 bridgehead atoms. The maximum absolute atomic E-state index is 9.17. The van der Waals surface area contributed by atoms with Crippen LogP contribution in [-0.2, 0) is 9.47 Å². The summed E-state index contributed by atoms with van der Waals surface area (Å²) in [5.41, 5.74) is 0.149. The Morgan fingerprint density at radius 1 is 1.43 bits per heavy atom. The molecule has 3 unspecified atom stereocenters. The summed E-state index contributed by atoms with van der Waals surface area (Å²) in [6.45, 7) is 7.28. The molecule has 1 fully saturated rings. The fourth-order valence-corrected chi connectivity index (χ4v) is 1.94. The Kier molecular flexibility index (Phi) is 3.93. The van der Waals surface area contributed by atoms with Gasteiger partial charge in [-0.15, -0.1) is 0 Å². The smallest absolute Gasteiger partial charge is 0.0860 e. The van der Waals surface area contributed by atoms with Crippen LogP contribution < -0.4 is 0 Å². The molecule has 1 saturated heterocycles. The largest absolute Gasteiger partial charge is 0.394 e. The van der Waals surface area contributed by atoms with Gasteiger partial charge in [-0.3, -0.25) is 0 Å². The molecule has 0 aromatic heterocycles. The van der Waals surface area contributed by atoms with Crippen molar-refractivity contribution in [1.82, 2.24) is 0 Å². The zero-order valence-electron chi connectivity index (χ0n) is 9.62. The Balaban J connectivity index is 2.56. The third kappa shape index (κ3) is 2.69. The lowest BCUT2D eigenvalue weighted by atomic mass is 9.85. The maximum atomic E-state index is 9.17. The van der Waals surface area contributed by atoms with Crippen molar-refractivity contribution in [3.63, 3.8) is 0 Å². The molecule has 0 saturated carbocycles. The predicted molar refractivity (Wildman–Crippen MR) is 55.2 cm³/mol. The van der Waals surface area contributed by atoms with Crippen LogP contribution in [0, 0.1) is 11.3 Å². The van der Waals surface area contributed by atoms with Crippen LogP contribution in [0.1, 0.15) is 27.2 Å². The lowest BCUT2D eigenvalue weighted by molar-refractivity contribution is -0.0464. The van der Waals surface area contributed by atoms with Gasteiger partial charge in [0.15, 0.2) is 0 Å². The molecule has 3 nitrogen and oxygen atoms in total. The first kappa shape index (κ1) is 12.0. The fraction of sp³-hybridized carbons (Fsp3) is 1.00. The molecule has 84 valence electrons. The van der Waals surface area contributed by atoms with Gasteiger partial charge in [0.25, 0.3) is 0 Å². The minimum atomic E-state index is -0.0424. The zero-order chi connectivity index (χ0) is 10.8. The van der Waals surface area contributed by atoms with Gasteiger partial charge < -0.3 is 14.6 Å². The van der Waals surface area contributed by atoms with E-state index in [-0.39, 0.29) is 24.2 Å². The number of ether oxygens (including phenoxy) is 2. The molecule has 1 heterocycles. The molecule has 1 aliphatic heterocycles. The van der Waals surface area contributed by atoms with Crippen molar-refractivity contribution in [3.05, 3.63) is 0 Å². The molecular weight excluding hydrogens is 180 g/mol. The van der Waals surface area contributed by atoms with Crippen LogP contribution in [0.4, 0.5) is 0 Å². The second-order valence-electron chi connectivity index (χ2n) is 5.16. The minimum absolute atomic E-state index is 0.0424. The first-order chi connectivity index (χ1) is 6.49. The van der Waals surface area contributed by atoms with E-state index in [0.717, 1.165) is 6.42 Å². The molecule has 0 aromatic rings. The van der Waals surface area contributed by atoms with E-state index in [1.165, 1.54) is 0 Å². The molecule has 0 aromatic carbocycles. The van der Waals surface area contributed by atoms with Crippen LogP contribution in [0.5, 0.6) is 0 Å². The van der Waals surface area contributed by atoms with Crippen molar-refractivity contribution in [3.8, 4) is 0 Å². The molecule has 14 heavy (non-hydrogen) atoms. The van der Waals surface area contributed by atoms with E-state index < -0.39 is 0 Å². The van der Waals surface area contributed by atoms with E-state index in [1.807, 2.05) is 0 Å². The van der Waals surface area contributed by atoms with Gasteiger partial charge in [0, 0.05) is 13.0 Å². The summed E-state index contributed by atoms with van der Waals surface area (Å²) in [6.07, 6.45) is 1.18. The summed E-state index contributed by atoms with van der Waals surface area (Å²) in [5, 5.41) is 9.17. The Morgan fingerprint density at radius 3 is 2.50 bits per heavy atom. The highest BCUT2D eigenvalue weighted by Crippen LogP contribution is 2.36. The third-order valence-corrected chi connectivity index (χ3v) is 2.91. The normalized spacial score (nSPS) is 33.6. The highest BCUT2D eigenvalue weighted by molar-refractivity contribution is 4.88. The van der Waals surface area contributed by atoms with Crippen molar-refractivity contribution in [2.45, 2.75) is 39.4 Å². The quantitative estimate of drug-likeness (QED) is 0.752. The topological polar surface area (TPSA) is 38.7 Å². The SMILES string of the molecule is COCC1CC(C(C)(C)C)OC1CO. The van der Waals surface area contributed by atoms with Crippen LogP contribution in [0.25, 0.3) is 0 Å². The molecule has 1 rings (SSSR count). The molecule has 0 amide bonds. The summed E-state index contributed by atoms with van der Waals surface area (Å²) in [4.78, 5) is 0. The summed E-state index contributed by atoms with van der Waals surface area (Å²) in [6, 6.07) is 0. The van der Waals surface area contributed by atoms with E-state index in [0.29, 0.717) is 12.5 Å². The first-order valence-corrected chi connectivity index (χ1v) is 5.24. The van der Waals surface area contributed by atoms with E-state index in [4.69, 9.17) is 14.6 Å². The van der Waals surface area contributed by atoms with Crippen LogP contribution in [0.15, 0.2) is 0 Å². The van der Waals surface area contributed by atoms with E-state index in [1.54, 1.807) is 7.11 Å². The molecular formula is C11H22O3. The molecule has 3 heteroatoms. The van der Waals surface area contributed by atoms with Crippen molar-refractivity contribution < 1.29 is 14.6 Å². The Morgan fingerprint density at radius 2 is 2.07 bits per heavy atom. The number of rotatable bonds is 3. The molecule has 0 radical (unpaired) electrons. The van der Waals surface area contributed by atoms with Crippen molar-refractivity contribution in [2.24, 2.45) is 11.3 Å². The predicted octanol–water partition coefficient (Wildman–Crippen LogP) is 1.44. The second-order valence-corrected chi connectivity index (χ2v) is 5.16. The average Bonchev–Trinajstić information content (AvgIpc) is 2.47. The van der Waals surface area contributed by atoms with Crippen LogP contribution >= 0.6 is 0 Å². The first-order valence-electron chi connectivity index (χ1n) is 5.24. The number of methoxy groups -OCH3 is 1. The standard InChI is InChI=1S/C11H22O3/c1-11(2,3)10-5-8(7-13-4)9(6-12)14-10/h8-10,12H,5-7H2,1-4H3. The minimum Gasteiger partial charge on any atom is -0.394 e. The van der Waals surface area contributed by atoms with E-state index in [9.17, 15) is 0 Å². The van der Waals surface area contributed by atoms with Crippen LogP contribution in [0.3, 0.4) is 0 Å². The van der Waals surface area contributed by atoms with Gasteiger partial charge in [0.1, 0.15) is 0 Å². The van der Waals surface area contributed by atoms with E-state index in [2.05, 4.69) is 20.8 Å². The lowest BCUT2D eigenvalue weighted by Gasteiger charge is -2.26. The van der Waals surface area contributed by atoms with Gasteiger partial charge >= 0.3 is 0 Å². The zero-order valence-corrected chi connectivity index (χ0v) is 9.62. The van der Waals surface area contributed by atoms with Crippen molar-refractivity contribution in [1.29, 1.82) is 0 Å². The third-order valence-electron chi connectivity index (χ3n) is 2.91. The maximum Gasteiger partial charge on any atom is 0.0860 e. The molecule has 1 N–H and O–H groups in total. The Bertz CT molecular complexity index is 174. The number of hydrogen-bond acceptors (Lipinski definition) is 3. The molecule has 3 atom stereocenters. The molecule has 0 aliphatic carbocycles. The van der Waals surface area contributed by atoms with E-state index >= 15 is 0 Å². The van der Waals surface area contributed by atoms with Crippen LogP contribution in [-0.4, -0.2) is 37.6 Å². The summed E-state index contributed by atoms with van der Waals surface area (Å²) < 4.78 is 10.9. The highest BCUT2D eigenvalue weighted by atomic mass is 16.5. The van der Waals surface area contributed by atoms with Gasteiger partial charge in [0.05, 0.1) is 25.4 Å². The monoisotopic (exact) mass is 202 g/mol. The molecule has 1 aliphatic rings. The van der Waals surface area contributed by atoms with Crippen molar-refractivity contribution in [2.75, 3.05) is 20.3 Å². The average molecular weight is 202 g/mol. The van der Waals surface area contributed by atoms with Gasteiger partial charge in [-0.1, -0.05) is 20.8 Å². The van der Waals surface area contributed by atoms with Gasteiger partial charge in [-0.05, 0) is 11.8 Å². The summed E-state index contributed by atoms with van der Waals surface area (Å²) >= 11 is 0. The highest BCUT2D eigenvalue weighted by Gasteiger charge is 2.40. The second kappa shape index (κ2) is 4.60. The van der Waals surface area contributed by atoms with Crippen molar-refractivity contribution >= 4 is 0 Å². The Labute approximate surface area is 86.4 Å². The number of aliphatic hydroxyl groups is 1. The van der Waals surface area contributed by atoms with Gasteiger partial charge in [-0.25, -0.2) is 0 Å². The Hall–Kier alpha value is -0.120. The lowest BCUT2D eigenvalue weighted by Crippen LogP contribution is -2.27. The summed E-state index contributed by atoms with van der Waals surface area (Å²) in [5.74, 6) is 0.342. The number of hydrogen-bond donors (Lipinski definition) is 1. The number of aliphatic hydroxyl groups excluding tert-OH is 1. The summed E-state index contributed by atoms with van der Waals surface area (Å²) in [7, 11) is 1.69. The van der Waals surface area contributed by atoms with Crippen LogP contribution in [0.2, 0.25) is 0 Å². The van der Waals surface area contributed by atoms with Gasteiger partial charge in [0.2, 0.25) is 0 Å². The fourth-order valence-electron chi connectivity index (χ4n) is 1.94. The molecule has 0 spiro atoms. The van der Waals surface area contributed by atoms with Gasteiger partial charge in [-0.2, -0.15) is 0 Å².